The Morgan fingerprint density at radius 2 is 1.76 bits per heavy atom. The quantitative estimate of drug-likeness (QED) is 0.382. The summed E-state index contributed by atoms with van der Waals surface area (Å²) in [5, 5.41) is 15.0. The second-order valence-electron chi connectivity index (χ2n) is 11.4. The summed E-state index contributed by atoms with van der Waals surface area (Å²) in [6.45, 7) is 4.00. The van der Waals surface area contributed by atoms with Crippen LogP contribution in [0.4, 0.5) is 4.79 Å². The van der Waals surface area contributed by atoms with Gasteiger partial charge in [0, 0.05) is 31.6 Å². The van der Waals surface area contributed by atoms with Gasteiger partial charge in [-0.1, -0.05) is 30.7 Å². The van der Waals surface area contributed by atoms with Crippen LogP contribution in [-0.2, 0) is 24.3 Å². The van der Waals surface area contributed by atoms with E-state index in [1.54, 1.807) is 35.5 Å². The molecule has 0 spiro atoms. The molecule has 2 aliphatic rings. The van der Waals surface area contributed by atoms with Crippen molar-refractivity contribution in [2.45, 2.75) is 58.2 Å². The van der Waals surface area contributed by atoms with Crippen molar-refractivity contribution in [2.75, 3.05) is 13.1 Å². The van der Waals surface area contributed by atoms with E-state index >= 15 is 0 Å². The van der Waals surface area contributed by atoms with Gasteiger partial charge in [-0.05, 0) is 73.4 Å². The van der Waals surface area contributed by atoms with Crippen molar-refractivity contribution in [1.29, 1.82) is 5.26 Å². The number of fused-ring (bicyclic) bond motifs is 1. The number of hydrogen-bond acceptors (Lipinski definition) is 5. The van der Waals surface area contributed by atoms with E-state index in [1.165, 1.54) is 11.1 Å². The van der Waals surface area contributed by atoms with Crippen LogP contribution in [-0.4, -0.2) is 51.4 Å². The number of nitrogens with one attached hydrogen (secondary N) is 2. The van der Waals surface area contributed by atoms with E-state index < -0.39 is 12.1 Å². The minimum absolute atomic E-state index is 0.200. The molecule has 5 rings (SSSR count). The van der Waals surface area contributed by atoms with E-state index in [2.05, 4.69) is 45.3 Å². The summed E-state index contributed by atoms with van der Waals surface area (Å²) in [5.74, 6) is 0.160. The van der Waals surface area contributed by atoms with E-state index in [1.807, 2.05) is 12.1 Å². The van der Waals surface area contributed by atoms with Crippen molar-refractivity contribution >= 4 is 17.8 Å². The van der Waals surface area contributed by atoms with Gasteiger partial charge in [0.25, 0.3) is 5.91 Å². The molecule has 1 fully saturated rings. The number of carbonyl (C=O) groups is 3. The van der Waals surface area contributed by atoms with Gasteiger partial charge in [0.05, 0.1) is 35.9 Å². The number of nitriles is 1. The molecule has 0 radical (unpaired) electrons. The summed E-state index contributed by atoms with van der Waals surface area (Å²) < 4.78 is 2.06. The van der Waals surface area contributed by atoms with Crippen molar-refractivity contribution in [1.82, 2.24) is 25.1 Å². The fourth-order valence-corrected chi connectivity index (χ4v) is 6.16. The molecule has 0 bridgehead atoms. The standard InChI is InChI=1S/C32H37N7O3/c1-21-5-2-3-8-26(21)18-38-20-37-27-14-28(30(40)35-16-23-6-4-7-24(13-23)17-36-32(34)42)39(19-29(27)38)31(41)25-11-9-22(15-33)10-12-25/h2-3,5,8-12,20,23-24,28H,4,6-7,13-14,16-19H2,1H3,(H,35,40)(H3,34,36,42). The van der Waals surface area contributed by atoms with Gasteiger partial charge in [-0.15, -0.1) is 0 Å². The van der Waals surface area contributed by atoms with Gasteiger partial charge in [-0.3, -0.25) is 9.59 Å². The number of hydrogen-bond donors (Lipinski definition) is 3. The summed E-state index contributed by atoms with van der Waals surface area (Å²) in [6.07, 6.45) is 6.06. The molecular weight excluding hydrogens is 530 g/mol. The average molecular weight is 568 g/mol. The minimum Gasteiger partial charge on any atom is -0.354 e. The van der Waals surface area contributed by atoms with Crippen LogP contribution in [0.15, 0.2) is 54.9 Å². The van der Waals surface area contributed by atoms with Crippen molar-refractivity contribution in [3.05, 3.63) is 88.5 Å². The van der Waals surface area contributed by atoms with Crippen LogP contribution in [0.3, 0.4) is 0 Å². The zero-order valence-electron chi connectivity index (χ0n) is 23.9. The molecule has 3 aromatic rings. The number of nitrogens with two attached hydrogens (primary N) is 1. The Balaban J connectivity index is 1.34. The van der Waals surface area contributed by atoms with E-state index in [-0.39, 0.29) is 24.3 Å². The first-order chi connectivity index (χ1) is 20.3. The zero-order chi connectivity index (χ0) is 29.6. The Bertz CT molecular complexity index is 1490. The first kappa shape index (κ1) is 28.9. The van der Waals surface area contributed by atoms with E-state index in [0.717, 1.165) is 37.1 Å². The fourth-order valence-electron chi connectivity index (χ4n) is 6.16. The molecule has 1 aliphatic heterocycles. The number of rotatable bonds is 8. The van der Waals surface area contributed by atoms with Crippen LogP contribution in [0.1, 0.15) is 64.1 Å². The number of aromatic nitrogens is 2. The van der Waals surface area contributed by atoms with Crippen LogP contribution >= 0.6 is 0 Å². The highest BCUT2D eigenvalue weighted by atomic mass is 16.2. The largest absolute Gasteiger partial charge is 0.354 e. The topological polar surface area (TPSA) is 146 Å². The Kier molecular flexibility index (Phi) is 8.86. The van der Waals surface area contributed by atoms with Crippen LogP contribution < -0.4 is 16.4 Å². The van der Waals surface area contributed by atoms with Crippen molar-refractivity contribution < 1.29 is 14.4 Å². The number of urea groups is 1. The normalized spacial score (nSPS) is 19.8. The van der Waals surface area contributed by atoms with Crippen molar-refractivity contribution in [3.8, 4) is 6.07 Å². The summed E-state index contributed by atoms with van der Waals surface area (Å²) in [4.78, 5) is 44.9. The van der Waals surface area contributed by atoms with Crippen LogP contribution in [0, 0.1) is 30.1 Å². The highest BCUT2D eigenvalue weighted by Crippen LogP contribution is 2.29. The molecule has 218 valence electrons. The number of primary amides is 1. The Labute approximate surface area is 245 Å². The molecule has 2 heterocycles. The smallest absolute Gasteiger partial charge is 0.312 e. The van der Waals surface area contributed by atoms with Crippen molar-refractivity contribution in [3.63, 3.8) is 0 Å². The molecule has 1 saturated carbocycles. The highest BCUT2D eigenvalue weighted by molar-refractivity contribution is 5.98. The van der Waals surface area contributed by atoms with Gasteiger partial charge in [0.1, 0.15) is 6.04 Å². The van der Waals surface area contributed by atoms with Crippen LogP contribution in [0.25, 0.3) is 0 Å². The lowest BCUT2D eigenvalue weighted by atomic mass is 9.81. The van der Waals surface area contributed by atoms with Gasteiger partial charge in [-0.25, -0.2) is 9.78 Å². The Morgan fingerprint density at radius 3 is 2.45 bits per heavy atom. The lowest BCUT2D eigenvalue weighted by molar-refractivity contribution is -0.126. The molecule has 3 unspecified atom stereocenters. The lowest BCUT2D eigenvalue weighted by Crippen LogP contribution is -2.53. The van der Waals surface area contributed by atoms with Gasteiger partial charge in [-0.2, -0.15) is 5.26 Å². The molecule has 42 heavy (non-hydrogen) atoms. The Morgan fingerprint density at radius 1 is 1.05 bits per heavy atom. The molecule has 10 nitrogen and oxygen atoms in total. The zero-order valence-corrected chi connectivity index (χ0v) is 23.9. The molecule has 2 aromatic carbocycles. The molecule has 3 atom stereocenters. The maximum absolute atomic E-state index is 13.8. The summed E-state index contributed by atoms with van der Waals surface area (Å²) in [7, 11) is 0. The molecule has 10 heteroatoms. The van der Waals surface area contributed by atoms with Gasteiger partial charge in [0.15, 0.2) is 0 Å². The Hall–Kier alpha value is -4.65. The lowest BCUT2D eigenvalue weighted by Gasteiger charge is -2.36. The number of nitrogens with zero attached hydrogens (tertiary/aromatic N) is 4. The number of amides is 4. The summed E-state index contributed by atoms with van der Waals surface area (Å²) >= 11 is 0. The van der Waals surface area contributed by atoms with Gasteiger partial charge < -0.3 is 25.8 Å². The summed E-state index contributed by atoms with van der Waals surface area (Å²) in [6, 6.07) is 15.5. The summed E-state index contributed by atoms with van der Waals surface area (Å²) in [5.41, 5.74) is 10.2. The van der Waals surface area contributed by atoms with E-state index in [4.69, 9.17) is 5.73 Å². The predicted molar refractivity (Wildman–Crippen MR) is 157 cm³/mol. The number of aryl methyl sites for hydroxylation is 1. The highest BCUT2D eigenvalue weighted by Gasteiger charge is 2.37. The van der Waals surface area contributed by atoms with E-state index in [0.29, 0.717) is 43.1 Å². The van der Waals surface area contributed by atoms with Crippen LogP contribution in [0.2, 0.25) is 0 Å². The van der Waals surface area contributed by atoms with Gasteiger partial charge in [0.2, 0.25) is 5.91 Å². The molecule has 0 saturated heterocycles. The van der Waals surface area contributed by atoms with Crippen molar-refractivity contribution in [2.24, 2.45) is 17.6 Å². The second-order valence-corrected chi connectivity index (χ2v) is 11.4. The van der Waals surface area contributed by atoms with E-state index in [9.17, 15) is 19.6 Å². The first-order valence-corrected chi connectivity index (χ1v) is 14.5. The maximum Gasteiger partial charge on any atom is 0.312 e. The third-order valence-electron chi connectivity index (χ3n) is 8.56. The monoisotopic (exact) mass is 567 g/mol. The fraction of sp³-hybridized carbons (Fsp3) is 0.406. The SMILES string of the molecule is Cc1ccccc1Cn1cnc2c1CN(C(=O)c1ccc(C#N)cc1)C(C(=O)NCC1CCCC(CNC(N)=O)C1)C2. The number of benzene rings is 2. The van der Waals surface area contributed by atoms with Crippen LogP contribution in [0.5, 0.6) is 0 Å². The second kappa shape index (κ2) is 12.9. The number of imidazole rings is 1. The first-order valence-electron chi connectivity index (χ1n) is 14.5. The number of carbonyl (C=O) groups excluding carboxylic acids is 3. The predicted octanol–water partition coefficient (Wildman–Crippen LogP) is 3.27. The maximum atomic E-state index is 13.8. The van der Waals surface area contributed by atoms with Gasteiger partial charge >= 0.3 is 6.03 Å². The molecular formula is C32H37N7O3. The molecule has 4 amide bonds. The average Bonchev–Trinajstić information content (AvgIpc) is 3.40. The molecule has 1 aromatic heterocycles. The third-order valence-corrected chi connectivity index (χ3v) is 8.56. The molecule has 1 aliphatic carbocycles. The third kappa shape index (κ3) is 6.62. The minimum atomic E-state index is -0.710. The molecule has 4 N–H and O–H groups in total.